The van der Waals surface area contributed by atoms with Crippen LogP contribution in [0.1, 0.15) is 30.0 Å². The summed E-state index contributed by atoms with van der Waals surface area (Å²) in [5.74, 6) is 6.33. The zero-order valence-electron chi connectivity index (χ0n) is 9.94. The maximum absolute atomic E-state index is 5.49. The molecule has 0 amide bonds. The Hall–Kier alpha value is -1.19. The summed E-state index contributed by atoms with van der Waals surface area (Å²) in [4.78, 5) is 0. The molecule has 0 radical (unpaired) electrons. The molecule has 0 saturated heterocycles. The highest BCUT2D eigenvalue weighted by molar-refractivity contribution is 6.19. The number of rotatable bonds is 3. The van der Waals surface area contributed by atoms with Gasteiger partial charge < -0.3 is 0 Å². The molecule has 0 atom stereocenters. The van der Waals surface area contributed by atoms with Gasteiger partial charge in [0.05, 0.1) is 5.88 Å². The quantitative estimate of drug-likeness (QED) is 0.541. The number of halogens is 1. The van der Waals surface area contributed by atoms with Gasteiger partial charge in [-0.25, -0.2) is 0 Å². The van der Waals surface area contributed by atoms with Crippen LogP contribution in [-0.4, -0.2) is 5.88 Å². The molecular weight excluding hydrogens is 216 g/mol. The van der Waals surface area contributed by atoms with Gasteiger partial charge in [0.15, 0.2) is 0 Å². The number of hydrogen-bond donors (Lipinski definition) is 0. The Balaban J connectivity index is 2.75. The van der Waals surface area contributed by atoms with Crippen LogP contribution in [0.15, 0.2) is 24.8 Å². The average molecular weight is 233 g/mol. The molecule has 0 unspecified atom stereocenters. The first kappa shape index (κ1) is 12.9. The predicted molar refractivity (Wildman–Crippen MR) is 72.7 cm³/mol. The van der Waals surface area contributed by atoms with Crippen LogP contribution in [0.25, 0.3) is 5.57 Å². The second-order valence-corrected chi connectivity index (χ2v) is 4.18. The molecular formula is C15H17Cl. The molecule has 1 heteroatoms. The van der Waals surface area contributed by atoms with E-state index in [9.17, 15) is 0 Å². The lowest BCUT2D eigenvalue weighted by atomic mass is 9.98. The first-order chi connectivity index (χ1) is 7.65. The predicted octanol–water partition coefficient (Wildman–Crippen LogP) is 4.20. The van der Waals surface area contributed by atoms with Crippen LogP contribution in [0.2, 0.25) is 0 Å². The first-order valence-electron chi connectivity index (χ1n) is 5.42. The summed E-state index contributed by atoms with van der Waals surface area (Å²) in [5, 5.41) is 0. The van der Waals surface area contributed by atoms with Gasteiger partial charge in [0.25, 0.3) is 0 Å². The highest BCUT2D eigenvalue weighted by atomic mass is 35.5. The van der Waals surface area contributed by atoms with Crippen LogP contribution < -0.4 is 0 Å². The normalized spacial score (nSPS) is 9.44. The molecule has 0 saturated carbocycles. The van der Waals surface area contributed by atoms with Gasteiger partial charge >= 0.3 is 0 Å². The minimum absolute atomic E-state index is 0.422. The fourth-order valence-corrected chi connectivity index (χ4v) is 1.72. The molecule has 0 fully saturated rings. The van der Waals surface area contributed by atoms with Gasteiger partial charge in [0.2, 0.25) is 0 Å². The standard InChI is InChI=1S/C15H17Cl/c1-12(2)15-11-14(9-8-13(15)3)7-5-4-6-10-16/h8-9,11H,1,5,7,10H2,2-3H3. The molecule has 84 valence electrons. The Labute approximate surface area is 103 Å². The summed E-state index contributed by atoms with van der Waals surface area (Å²) < 4.78 is 0. The molecule has 1 aromatic rings. The van der Waals surface area contributed by atoms with Crippen molar-refractivity contribution in [2.75, 3.05) is 5.88 Å². The Morgan fingerprint density at radius 2 is 2.12 bits per heavy atom. The number of hydrogen-bond acceptors (Lipinski definition) is 0. The first-order valence-corrected chi connectivity index (χ1v) is 5.95. The zero-order chi connectivity index (χ0) is 12.0. The van der Waals surface area contributed by atoms with Crippen molar-refractivity contribution in [1.82, 2.24) is 0 Å². The van der Waals surface area contributed by atoms with Crippen molar-refractivity contribution in [2.24, 2.45) is 0 Å². The summed E-state index contributed by atoms with van der Waals surface area (Å²) in [7, 11) is 0. The van der Waals surface area contributed by atoms with E-state index >= 15 is 0 Å². The molecule has 0 bridgehead atoms. The van der Waals surface area contributed by atoms with E-state index in [2.05, 4.69) is 43.5 Å². The van der Waals surface area contributed by atoms with Crippen LogP contribution >= 0.6 is 11.6 Å². The van der Waals surface area contributed by atoms with E-state index in [1.807, 2.05) is 6.92 Å². The van der Waals surface area contributed by atoms with Crippen molar-refractivity contribution >= 4 is 17.2 Å². The molecule has 0 aromatic heterocycles. The van der Waals surface area contributed by atoms with Crippen molar-refractivity contribution in [3.8, 4) is 11.8 Å². The molecule has 0 aliphatic rings. The summed E-state index contributed by atoms with van der Waals surface area (Å²) in [5.41, 5.74) is 4.96. The fraction of sp³-hybridized carbons (Fsp3) is 0.333. The van der Waals surface area contributed by atoms with Gasteiger partial charge in [-0.2, -0.15) is 0 Å². The van der Waals surface area contributed by atoms with Crippen molar-refractivity contribution < 1.29 is 0 Å². The van der Waals surface area contributed by atoms with Crippen molar-refractivity contribution in [3.63, 3.8) is 0 Å². The highest BCUT2D eigenvalue weighted by Crippen LogP contribution is 2.19. The Morgan fingerprint density at radius 3 is 2.75 bits per heavy atom. The highest BCUT2D eigenvalue weighted by Gasteiger charge is 2.00. The average Bonchev–Trinajstić information content (AvgIpc) is 2.26. The van der Waals surface area contributed by atoms with Gasteiger partial charge in [0.1, 0.15) is 0 Å². The van der Waals surface area contributed by atoms with Gasteiger partial charge in [-0.15, -0.1) is 17.5 Å². The molecule has 0 nitrogen and oxygen atoms in total. The lowest BCUT2D eigenvalue weighted by Gasteiger charge is -2.07. The Morgan fingerprint density at radius 1 is 1.38 bits per heavy atom. The maximum Gasteiger partial charge on any atom is 0.0835 e. The topological polar surface area (TPSA) is 0 Å². The van der Waals surface area contributed by atoms with Crippen LogP contribution in [0, 0.1) is 18.8 Å². The third-order valence-corrected chi connectivity index (χ3v) is 2.63. The largest absolute Gasteiger partial charge is 0.113 e. The van der Waals surface area contributed by atoms with E-state index in [0.29, 0.717) is 5.88 Å². The van der Waals surface area contributed by atoms with Gasteiger partial charge in [-0.1, -0.05) is 36.3 Å². The van der Waals surface area contributed by atoms with Crippen LogP contribution in [0.5, 0.6) is 0 Å². The Kier molecular flexibility index (Phi) is 5.15. The second-order valence-electron chi connectivity index (χ2n) is 3.92. The third-order valence-electron chi connectivity index (χ3n) is 2.49. The van der Waals surface area contributed by atoms with E-state index in [1.165, 1.54) is 16.7 Å². The van der Waals surface area contributed by atoms with Gasteiger partial charge in [-0.3, -0.25) is 0 Å². The minimum atomic E-state index is 0.422. The van der Waals surface area contributed by atoms with E-state index in [0.717, 1.165) is 18.4 Å². The second kappa shape index (κ2) is 6.40. The molecule has 0 N–H and O–H groups in total. The summed E-state index contributed by atoms with van der Waals surface area (Å²) in [6.07, 6.45) is 1.84. The monoisotopic (exact) mass is 232 g/mol. The minimum Gasteiger partial charge on any atom is -0.113 e. The molecule has 0 aliphatic carbocycles. The van der Waals surface area contributed by atoms with E-state index < -0.39 is 0 Å². The number of aryl methyl sites for hydroxylation is 2. The lowest BCUT2D eigenvalue weighted by molar-refractivity contribution is 1.02. The molecule has 1 aromatic carbocycles. The molecule has 0 spiro atoms. The maximum atomic E-state index is 5.49. The smallest absolute Gasteiger partial charge is 0.0835 e. The van der Waals surface area contributed by atoms with Crippen LogP contribution in [0.3, 0.4) is 0 Å². The number of benzene rings is 1. The summed E-state index contributed by atoms with van der Waals surface area (Å²) >= 11 is 5.49. The number of alkyl halides is 1. The van der Waals surface area contributed by atoms with Crippen molar-refractivity contribution in [1.29, 1.82) is 0 Å². The van der Waals surface area contributed by atoms with Crippen molar-refractivity contribution in [2.45, 2.75) is 26.7 Å². The molecule has 0 heterocycles. The Bertz CT molecular complexity index is 432. The van der Waals surface area contributed by atoms with Crippen LogP contribution in [0.4, 0.5) is 0 Å². The van der Waals surface area contributed by atoms with E-state index in [-0.39, 0.29) is 0 Å². The van der Waals surface area contributed by atoms with Crippen LogP contribution in [-0.2, 0) is 6.42 Å². The summed E-state index contributed by atoms with van der Waals surface area (Å²) in [6.45, 7) is 8.14. The van der Waals surface area contributed by atoms with E-state index in [4.69, 9.17) is 11.6 Å². The third kappa shape index (κ3) is 3.76. The van der Waals surface area contributed by atoms with E-state index in [1.54, 1.807) is 0 Å². The lowest BCUT2D eigenvalue weighted by Crippen LogP contribution is -1.90. The SMILES string of the molecule is C=C(C)c1cc(CCC#CCCl)ccc1C. The van der Waals surface area contributed by atoms with Gasteiger partial charge in [0, 0.05) is 6.42 Å². The fourth-order valence-electron chi connectivity index (χ4n) is 1.63. The molecule has 1 rings (SSSR count). The molecule has 16 heavy (non-hydrogen) atoms. The number of allylic oxidation sites excluding steroid dienone is 1. The van der Waals surface area contributed by atoms with Crippen molar-refractivity contribution in [3.05, 3.63) is 41.5 Å². The van der Waals surface area contributed by atoms with Gasteiger partial charge in [-0.05, 0) is 37.0 Å². The summed E-state index contributed by atoms with van der Waals surface area (Å²) in [6, 6.07) is 6.51. The molecule has 0 aliphatic heterocycles. The zero-order valence-corrected chi connectivity index (χ0v) is 10.7.